The predicted molar refractivity (Wildman–Crippen MR) is 123 cm³/mol. The smallest absolute Gasteiger partial charge is 0.480 e. The first-order valence-electron chi connectivity index (χ1n) is 11.1. The molecule has 0 amide bonds. The molecule has 1 rings (SSSR count). The van der Waals surface area contributed by atoms with Crippen LogP contribution in [0.25, 0.3) is 0 Å². The van der Waals surface area contributed by atoms with Gasteiger partial charge in [-0.25, -0.2) is 4.79 Å². The number of hydrogen-bond acceptors (Lipinski definition) is 9. The maximum atomic E-state index is 12.1. The lowest BCUT2D eigenvalue weighted by Gasteiger charge is -2.32. The van der Waals surface area contributed by atoms with Crippen molar-refractivity contribution in [1.82, 2.24) is 0 Å². The standard InChI is InChI=1S/C24H35NO9/c1-8-18(26)32-16-11-10-15(12-17(16)33-19(27)9-2)20(21(25)22(28)29)13(3)14(4)31-23(30)34-24(5,6)7/h10-14,20-21H,8-9,25H2,1-7H3,(H,28,29)/t13?,14?,20?,21-/m0/s1. The van der Waals surface area contributed by atoms with Crippen molar-refractivity contribution in [2.45, 2.75) is 85.0 Å². The highest BCUT2D eigenvalue weighted by Gasteiger charge is 2.36. The first-order chi connectivity index (χ1) is 15.7. The molecule has 10 heteroatoms. The van der Waals surface area contributed by atoms with Gasteiger partial charge in [-0.2, -0.15) is 0 Å². The van der Waals surface area contributed by atoms with Gasteiger partial charge in [-0.15, -0.1) is 0 Å². The van der Waals surface area contributed by atoms with Gasteiger partial charge in [-0.3, -0.25) is 14.4 Å². The average molecular weight is 482 g/mol. The quantitative estimate of drug-likeness (QED) is 0.373. The second kappa shape index (κ2) is 12.4. The van der Waals surface area contributed by atoms with Gasteiger partial charge < -0.3 is 29.8 Å². The van der Waals surface area contributed by atoms with E-state index in [9.17, 15) is 24.3 Å². The third kappa shape index (κ3) is 8.66. The fourth-order valence-corrected chi connectivity index (χ4v) is 3.10. The number of hydrogen-bond donors (Lipinski definition) is 2. The van der Waals surface area contributed by atoms with Crippen LogP contribution in [-0.4, -0.2) is 46.9 Å². The molecule has 0 aliphatic carbocycles. The third-order valence-corrected chi connectivity index (χ3v) is 5.03. The van der Waals surface area contributed by atoms with Gasteiger partial charge in [0.15, 0.2) is 11.5 Å². The number of carbonyl (C=O) groups excluding carboxylic acids is 3. The lowest BCUT2D eigenvalue weighted by atomic mass is 9.79. The molecule has 0 spiro atoms. The van der Waals surface area contributed by atoms with Gasteiger partial charge in [0.1, 0.15) is 17.7 Å². The molecule has 0 saturated carbocycles. The minimum atomic E-state index is -1.38. The maximum absolute atomic E-state index is 12.1. The fourth-order valence-electron chi connectivity index (χ4n) is 3.10. The van der Waals surface area contributed by atoms with E-state index in [-0.39, 0.29) is 24.3 Å². The van der Waals surface area contributed by atoms with Gasteiger partial charge in [0, 0.05) is 24.7 Å². The van der Waals surface area contributed by atoms with Gasteiger partial charge in [-0.05, 0) is 45.4 Å². The highest BCUT2D eigenvalue weighted by atomic mass is 16.7. The van der Waals surface area contributed by atoms with Gasteiger partial charge in [-0.1, -0.05) is 26.8 Å². The Kier molecular flexibility index (Phi) is 10.5. The van der Waals surface area contributed by atoms with E-state index >= 15 is 0 Å². The van der Waals surface area contributed by atoms with Gasteiger partial charge in [0.05, 0.1) is 0 Å². The number of nitrogens with two attached hydrogens (primary N) is 1. The van der Waals surface area contributed by atoms with Crippen molar-refractivity contribution in [1.29, 1.82) is 0 Å². The predicted octanol–water partition coefficient (Wildman–Crippen LogP) is 3.79. The zero-order chi connectivity index (χ0) is 26.2. The Labute approximate surface area is 199 Å². The molecule has 1 aromatic rings. The van der Waals surface area contributed by atoms with E-state index in [0.717, 1.165) is 0 Å². The Morgan fingerprint density at radius 3 is 1.97 bits per heavy atom. The molecule has 0 saturated heterocycles. The van der Waals surface area contributed by atoms with E-state index < -0.39 is 53.6 Å². The van der Waals surface area contributed by atoms with Crippen molar-refractivity contribution in [2.75, 3.05) is 0 Å². The van der Waals surface area contributed by atoms with Gasteiger partial charge in [0.2, 0.25) is 0 Å². The Morgan fingerprint density at radius 2 is 1.50 bits per heavy atom. The number of carboxylic acid groups (broad SMARTS) is 1. The molecule has 0 heterocycles. The summed E-state index contributed by atoms with van der Waals surface area (Å²) in [6, 6.07) is 2.98. The van der Waals surface area contributed by atoms with Crippen molar-refractivity contribution in [3.05, 3.63) is 23.8 Å². The monoisotopic (exact) mass is 481 g/mol. The topological polar surface area (TPSA) is 151 Å². The summed E-state index contributed by atoms with van der Waals surface area (Å²) in [5.41, 5.74) is 5.65. The highest BCUT2D eigenvalue weighted by molar-refractivity contribution is 5.77. The summed E-state index contributed by atoms with van der Waals surface area (Å²) < 4.78 is 21.1. The largest absolute Gasteiger partial charge is 0.509 e. The summed E-state index contributed by atoms with van der Waals surface area (Å²) in [5.74, 6) is -3.84. The van der Waals surface area contributed by atoms with Crippen molar-refractivity contribution < 1.29 is 43.2 Å². The van der Waals surface area contributed by atoms with E-state index in [1.807, 2.05) is 0 Å². The Balaban J connectivity index is 3.38. The summed E-state index contributed by atoms with van der Waals surface area (Å²) in [5, 5.41) is 9.63. The van der Waals surface area contributed by atoms with Crippen LogP contribution in [0.5, 0.6) is 11.5 Å². The van der Waals surface area contributed by atoms with Crippen LogP contribution in [0.1, 0.15) is 72.8 Å². The summed E-state index contributed by atoms with van der Waals surface area (Å²) in [6.07, 6.45) is -1.49. The summed E-state index contributed by atoms with van der Waals surface area (Å²) in [7, 11) is 0. The van der Waals surface area contributed by atoms with E-state index in [0.29, 0.717) is 5.56 Å². The molecule has 0 radical (unpaired) electrons. The van der Waals surface area contributed by atoms with Gasteiger partial charge in [0.25, 0.3) is 0 Å². The van der Waals surface area contributed by atoms with E-state index in [4.69, 9.17) is 24.7 Å². The molecule has 3 unspecified atom stereocenters. The van der Waals surface area contributed by atoms with Crippen LogP contribution in [-0.2, 0) is 23.9 Å². The number of esters is 2. The third-order valence-electron chi connectivity index (χ3n) is 5.03. The van der Waals surface area contributed by atoms with Crippen molar-refractivity contribution >= 4 is 24.1 Å². The molecule has 10 nitrogen and oxygen atoms in total. The SMILES string of the molecule is CCC(=O)Oc1ccc(C(C(C)C(C)OC(=O)OC(C)(C)C)[C@H](N)C(=O)O)cc1OC(=O)CC. The molecule has 0 aliphatic heterocycles. The van der Waals surface area contributed by atoms with Crippen molar-refractivity contribution in [2.24, 2.45) is 11.7 Å². The molecule has 1 aromatic carbocycles. The molecule has 190 valence electrons. The normalized spacial score (nSPS) is 14.8. The maximum Gasteiger partial charge on any atom is 0.509 e. The van der Waals surface area contributed by atoms with Crippen LogP contribution >= 0.6 is 0 Å². The zero-order valence-corrected chi connectivity index (χ0v) is 20.7. The Morgan fingerprint density at radius 1 is 0.971 bits per heavy atom. The first-order valence-corrected chi connectivity index (χ1v) is 11.1. The summed E-state index contributed by atoms with van der Waals surface area (Å²) in [6.45, 7) is 11.6. The van der Waals surface area contributed by atoms with E-state index in [1.165, 1.54) is 18.2 Å². The summed E-state index contributed by atoms with van der Waals surface area (Å²) >= 11 is 0. The van der Waals surface area contributed by atoms with Crippen LogP contribution in [0.3, 0.4) is 0 Å². The Hall–Kier alpha value is -3.14. The molecule has 4 atom stereocenters. The molecule has 0 aromatic heterocycles. The van der Waals surface area contributed by atoms with Crippen LogP contribution in [0, 0.1) is 5.92 Å². The van der Waals surface area contributed by atoms with Crippen LogP contribution in [0.2, 0.25) is 0 Å². The van der Waals surface area contributed by atoms with Crippen molar-refractivity contribution in [3.63, 3.8) is 0 Å². The highest BCUT2D eigenvalue weighted by Crippen LogP contribution is 2.37. The number of carboxylic acids is 1. The molecular weight excluding hydrogens is 446 g/mol. The zero-order valence-electron chi connectivity index (χ0n) is 20.7. The lowest BCUT2D eigenvalue weighted by Crippen LogP contribution is -2.43. The van der Waals surface area contributed by atoms with Crippen LogP contribution < -0.4 is 15.2 Å². The van der Waals surface area contributed by atoms with Crippen molar-refractivity contribution in [3.8, 4) is 11.5 Å². The van der Waals surface area contributed by atoms with E-state index in [2.05, 4.69) is 0 Å². The molecule has 0 fully saturated rings. The second-order valence-electron chi connectivity index (χ2n) is 8.90. The number of aliphatic carboxylic acids is 1. The minimum absolute atomic E-state index is 0.0192. The van der Waals surface area contributed by atoms with Crippen LogP contribution in [0.15, 0.2) is 18.2 Å². The number of ether oxygens (including phenoxy) is 4. The number of benzene rings is 1. The second-order valence-corrected chi connectivity index (χ2v) is 8.90. The number of carbonyl (C=O) groups is 4. The average Bonchev–Trinajstić information content (AvgIpc) is 2.73. The first kappa shape index (κ1) is 28.9. The molecule has 0 aliphatic rings. The molecule has 3 N–H and O–H groups in total. The number of rotatable bonds is 10. The van der Waals surface area contributed by atoms with Crippen LogP contribution in [0.4, 0.5) is 4.79 Å². The molecular formula is C24H35NO9. The van der Waals surface area contributed by atoms with E-state index in [1.54, 1.807) is 48.5 Å². The molecule has 34 heavy (non-hydrogen) atoms. The fraction of sp³-hybridized carbons (Fsp3) is 0.583. The Bertz CT molecular complexity index is 891. The van der Waals surface area contributed by atoms with Gasteiger partial charge >= 0.3 is 24.1 Å². The summed E-state index contributed by atoms with van der Waals surface area (Å²) in [4.78, 5) is 47.6. The molecule has 0 bridgehead atoms. The minimum Gasteiger partial charge on any atom is -0.480 e. The lowest BCUT2D eigenvalue weighted by molar-refractivity contribution is -0.140.